The number of benzene rings is 2. The Hall–Kier alpha value is -3.46. The van der Waals surface area contributed by atoms with Gasteiger partial charge in [-0.05, 0) is 30.3 Å². The molecule has 7 nitrogen and oxygen atoms in total. The molecule has 2 amide bonds. The lowest BCUT2D eigenvalue weighted by Gasteiger charge is -2.17. The largest absolute Gasteiger partial charge is 0.478 e. The number of thiazole rings is 1. The number of aromatic nitrogens is 1. The van der Waals surface area contributed by atoms with Gasteiger partial charge >= 0.3 is 12.0 Å². The molecule has 9 heteroatoms. The first-order chi connectivity index (χ1) is 12.9. The van der Waals surface area contributed by atoms with Crippen molar-refractivity contribution >= 4 is 34.2 Å². The molecule has 0 fully saturated rings. The lowest BCUT2D eigenvalue weighted by atomic mass is 10.2. The zero-order valence-corrected chi connectivity index (χ0v) is 14.9. The second kappa shape index (κ2) is 7.83. The van der Waals surface area contributed by atoms with Gasteiger partial charge in [0.15, 0.2) is 5.13 Å². The maximum absolute atomic E-state index is 13.2. The van der Waals surface area contributed by atoms with Crippen LogP contribution in [0, 0.1) is 5.82 Å². The maximum Gasteiger partial charge on any atom is 0.335 e. The van der Waals surface area contributed by atoms with Gasteiger partial charge in [-0.25, -0.2) is 19.0 Å². The average molecular weight is 387 g/mol. The molecular weight excluding hydrogens is 373 g/mol. The zero-order valence-electron chi connectivity index (χ0n) is 14.0. The number of rotatable bonds is 5. The van der Waals surface area contributed by atoms with Crippen LogP contribution in [-0.2, 0) is 0 Å². The van der Waals surface area contributed by atoms with E-state index in [1.54, 1.807) is 18.2 Å². The predicted octanol–water partition coefficient (Wildman–Crippen LogP) is 4.44. The molecule has 0 radical (unpaired) electrons. The third-order valence-corrected chi connectivity index (χ3v) is 4.29. The standard InChI is InChI=1S/C18H14FN3O4S/c1-22(13-6-2-4-11(8-13)16(23)24)18(25)21-17-20-10-15(27-17)26-14-7-3-5-12(19)9-14/h2-10H,1H3,(H,23,24)(H,20,21,25). The molecule has 0 saturated carbocycles. The molecule has 0 bridgehead atoms. The number of carbonyl (C=O) groups excluding carboxylic acids is 1. The molecule has 0 unspecified atom stereocenters. The second-order valence-electron chi connectivity index (χ2n) is 5.39. The number of carboxylic acids is 1. The summed E-state index contributed by atoms with van der Waals surface area (Å²) in [5.74, 6) is -1.18. The minimum atomic E-state index is -1.08. The van der Waals surface area contributed by atoms with Crippen molar-refractivity contribution in [3.8, 4) is 10.8 Å². The van der Waals surface area contributed by atoms with Crippen LogP contribution in [0.3, 0.4) is 0 Å². The summed E-state index contributed by atoms with van der Waals surface area (Å²) in [6.07, 6.45) is 1.41. The number of hydrogen-bond donors (Lipinski definition) is 2. The van der Waals surface area contributed by atoms with Crippen LogP contribution < -0.4 is 15.0 Å². The highest BCUT2D eigenvalue weighted by atomic mass is 32.1. The lowest BCUT2D eigenvalue weighted by molar-refractivity contribution is 0.0697. The van der Waals surface area contributed by atoms with Crippen molar-refractivity contribution in [2.24, 2.45) is 0 Å². The van der Waals surface area contributed by atoms with Gasteiger partial charge in [-0.3, -0.25) is 10.2 Å². The van der Waals surface area contributed by atoms with E-state index in [1.165, 1.54) is 48.5 Å². The van der Waals surface area contributed by atoms with Crippen molar-refractivity contribution in [1.29, 1.82) is 0 Å². The summed E-state index contributed by atoms with van der Waals surface area (Å²) in [7, 11) is 1.51. The van der Waals surface area contributed by atoms with Crippen molar-refractivity contribution in [3.63, 3.8) is 0 Å². The quantitative estimate of drug-likeness (QED) is 0.675. The number of amides is 2. The Kier molecular flexibility index (Phi) is 5.32. The van der Waals surface area contributed by atoms with E-state index < -0.39 is 17.8 Å². The Morgan fingerprint density at radius 1 is 1.22 bits per heavy atom. The van der Waals surface area contributed by atoms with Gasteiger partial charge in [0.1, 0.15) is 11.6 Å². The summed E-state index contributed by atoms with van der Waals surface area (Å²) in [5, 5.41) is 12.3. The first-order valence-electron chi connectivity index (χ1n) is 7.69. The number of urea groups is 1. The molecular formula is C18H14FN3O4S. The van der Waals surface area contributed by atoms with Crippen LogP contribution >= 0.6 is 11.3 Å². The Labute approximate surface area is 157 Å². The van der Waals surface area contributed by atoms with Crippen molar-refractivity contribution in [1.82, 2.24) is 4.98 Å². The van der Waals surface area contributed by atoms with E-state index in [0.717, 1.165) is 11.3 Å². The van der Waals surface area contributed by atoms with Crippen molar-refractivity contribution in [2.75, 3.05) is 17.3 Å². The molecule has 0 atom stereocenters. The third-order valence-electron chi connectivity index (χ3n) is 3.50. The SMILES string of the molecule is CN(C(=O)Nc1ncc(Oc2cccc(F)c2)s1)c1cccc(C(=O)O)c1. The third kappa shape index (κ3) is 4.59. The smallest absolute Gasteiger partial charge is 0.335 e. The molecule has 3 aromatic rings. The Morgan fingerprint density at radius 3 is 2.74 bits per heavy atom. The molecule has 0 spiro atoms. The van der Waals surface area contributed by atoms with Crippen molar-refractivity contribution in [2.45, 2.75) is 0 Å². The molecule has 3 rings (SSSR count). The first kappa shape index (κ1) is 18.3. The predicted molar refractivity (Wildman–Crippen MR) is 99.4 cm³/mol. The molecule has 138 valence electrons. The number of carboxylic acid groups (broad SMARTS) is 1. The van der Waals surface area contributed by atoms with Gasteiger partial charge in [-0.15, -0.1) is 0 Å². The van der Waals surface area contributed by atoms with Gasteiger partial charge < -0.3 is 9.84 Å². The fourth-order valence-electron chi connectivity index (χ4n) is 2.15. The van der Waals surface area contributed by atoms with E-state index in [4.69, 9.17) is 9.84 Å². The monoisotopic (exact) mass is 387 g/mol. The molecule has 2 N–H and O–H groups in total. The van der Waals surface area contributed by atoms with Crippen molar-refractivity contribution < 1.29 is 23.8 Å². The zero-order chi connectivity index (χ0) is 19.4. The van der Waals surface area contributed by atoms with Gasteiger partial charge in [-0.2, -0.15) is 0 Å². The minimum Gasteiger partial charge on any atom is -0.478 e. The summed E-state index contributed by atoms with van der Waals surface area (Å²) >= 11 is 1.07. The highest BCUT2D eigenvalue weighted by Gasteiger charge is 2.15. The van der Waals surface area contributed by atoms with Crippen LogP contribution in [0.1, 0.15) is 10.4 Å². The van der Waals surface area contributed by atoms with Crippen LogP contribution in [-0.4, -0.2) is 29.1 Å². The Balaban J connectivity index is 1.66. The average Bonchev–Trinajstić information content (AvgIpc) is 3.08. The highest BCUT2D eigenvalue weighted by molar-refractivity contribution is 7.17. The van der Waals surface area contributed by atoms with E-state index in [-0.39, 0.29) is 10.7 Å². The van der Waals surface area contributed by atoms with E-state index in [0.29, 0.717) is 16.5 Å². The number of halogens is 1. The number of nitrogens with one attached hydrogen (secondary N) is 1. The summed E-state index contributed by atoms with van der Waals surface area (Å²) in [5.41, 5.74) is 0.493. The lowest BCUT2D eigenvalue weighted by Crippen LogP contribution is -2.31. The van der Waals surface area contributed by atoms with Gasteiger partial charge in [0, 0.05) is 18.8 Å². The fraction of sp³-hybridized carbons (Fsp3) is 0.0556. The molecule has 1 heterocycles. The van der Waals surface area contributed by atoms with E-state index in [9.17, 15) is 14.0 Å². The number of nitrogens with zero attached hydrogens (tertiary/aromatic N) is 2. The maximum atomic E-state index is 13.2. The fourth-order valence-corrected chi connectivity index (χ4v) is 2.83. The molecule has 0 aliphatic rings. The summed E-state index contributed by atoms with van der Waals surface area (Å²) in [6.45, 7) is 0. The van der Waals surface area contributed by atoms with Crippen molar-refractivity contribution in [3.05, 3.63) is 66.1 Å². The highest BCUT2D eigenvalue weighted by Crippen LogP contribution is 2.30. The summed E-state index contributed by atoms with van der Waals surface area (Å²) in [6, 6.07) is 11.2. The molecule has 1 aromatic heterocycles. The van der Waals surface area contributed by atoms with Crippen LogP contribution in [0.25, 0.3) is 0 Å². The summed E-state index contributed by atoms with van der Waals surface area (Å²) < 4.78 is 18.7. The Morgan fingerprint density at radius 2 is 2.00 bits per heavy atom. The molecule has 0 saturated heterocycles. The molecule has 2 aromatic carbocycles. The van der Waals surface area contributed by atoms with Crippen LogP contribution in [0.4, 0.5) is 20.0 Å². The molecule has 0 aliphatic carbocycles. The van der Waals surface area contributed by atoms with E-state index in [1.807, 2.05) is 0 Å². The number of aromatic carboxylic acids is 1. The van der Waals surface area contributed by atoms with E-state index in [2.05, 4.69) is 10.3 Å². The normalized spacial score (nSPS) is 10.3. The van der Waals surface area contributed by atoms with Gasteiger partial charge in [0.25, 0.3) is 0 Å². The number of hydrogen-bond acceptors (Lipinski definition) is 5. The van der Waals surface area contributed by atoms with Crippen LogP contribution in [0.2, 0.25) is 0 Å². The van der Waals surface area contributed by atoms with Gasteiger partial charge in [0.05, 0.1) is 11.8 Å². The van der Waals surface area contributed by atoms with Crippen LogP contribution in [0.15, 0.2) is 54.7 Å². The number of anilines is 2. The molecule has 0 aliphatic heterocycles. The van der Waals surface area contributed by atoms with Gasteiger partial charge in [0.2, 0.25) is 5.06 Å². The van der Waals surface area contributed by atoms with Gasteiger partial charge in [-0.1, -0.05) is 23.5 Å². The van der Waals surface area contributed by atoms with Crippen LogP contribution in [0.5, 0.6) is 10.8 Å². The summed E-state index contributed by atoms with van der Waals surface area (Å²) in [4.78, 5) is 28.7. The number of carbonyl (C=O) groups is 2. The minimum absolute atomic E-state index is 0.0761. The topological polar surface area (TPSA) is 91.8 Å². The Bertz CT molecular complexity index is 992. The van der Waals surface area contributed by atoms with E-state index >= 15 is 0 Å². The second-order valence-corrected chi connectivity index (χ2v) is 6.38. The number of ether oxygens (including phenoxy) is 1. The molecule has 27 heavy (non-hydrogen) atoms. The first-order valence-corrected chi connectivity index (χ1v) is 8.51.